The molecule has 6 heteroatoms. The third-order valence-electron chi connectivity index (χ3n) is 2.94. The first-order valence-corrected chi connectivity index (χ1v) is 6.71. The number of carboxylic acid groups (broad SMARTS) is 1. The van der Waals surface area contributed by atoms with Gasteiger partial charge in [0, 0.05) is 16.1 Å². The molecule has 1 aromatic carbocycles. The number of carboxylic acids is 1. The molecule has 2 rings (SSSR count). The zero-order valence-corrected chi connectivity index (χ0v) is 11.9. The van der Waals surface area contributed by atoms with Gasteiger partial charge in [-0.05, 0) is 25.1 Å². The minimum atomic E-state index is -0.932. The van der Waals surface area contributed by atoms with Gasteiger partial charge in [0.25, 0.3) is 0 Å². The van der Waals surface area contributed by atoms with E-state index in [0.29, 0.717) is 5.75 Å². The predicted molar refractivity (Wildman–Crippen MR) is 72.2 cm³/mol. The minimum absolute atomic E-state index is 0.0926. The minimum Gasteiger partial charge on any atom is -0.492 e. The number of fused-ring (bicyclic) bond motifs is 1. The summed E-state index contributed by atoms with van der Waals surface area (Å²) in [6.07, 6.45) is -0.0926. The number of hydrogen-bond donors (Lipinski definition) is 2. The topological polar surface area (TPSA) is 75.6 Å². The Morgan fingerprint density at radius 3 is 3.00 bits per heavy atom. The van der Waals surface area contributed by atoms with Gasteiger partial charge in [-0.2, -0.15) is 0 Å². The maximum Gasteiger partial charge on any atom is 0.305 e. The number of carbonyl (C=O) groups is 2. The molecular weight excluding hydrogens is 314 g/mol. The number of aliphatic carboxylic acids is 1. The van der Waals surface area contributed by atoms with Gasteiger partial charge in [0.05, 0.1) is 6.42 Å². The second kappa shape index (κ2) is 5.61. The normalized spacial score (nSPS) is 18.3. The standard InChI is InChI=1S/C13H14BrNO4/c1-7(4-12(16)17)15-13(18)10-6-19-11-3-2-8(14)5-9(10)11/h2-3,5,7,10H,4,6H2,1H3,(H,15,18)(H,16,17). The van der Waals surface area contributed by atoms with E-state index in [9.17, 15) is 9.59 Å². The van der Waals surface area contributed by atoms with Gasteiger partial charge in [-0.1, -0.05) is 15.9 Å². The van der Waals surface area contributed by atoms with E-state index < -0.39 is 12.0 Å². The SMILES string of the molecule is CC(CC(=O)O)NC(=O)C1COc2ccc(Br)cc21. The van der Waals surface area contributed by atoms with E-state index >= 15 is 0 Å². The molecule has 0 radical (unpaired) electrons. The van der Waals surface area contributed by atoms with Gasteiger partial charge in [-0.15, -0.1) is 0 Å². The molecule has 1 heterocycles. The van der Waals surface area contributed by atoms with Crippen molar-refractivity contribution >= 4 is 27.8 Å². The van der Waals surface area contributed by atoms with Crippen molar-refractivity contribution in [2.24, 2.45) is 0 Å². The zero-order chi connectivity index (χ0) is 14.0. The van der Waals surface area contributed by atoms with E-state index in [1.807, 2.05) is 18.2 Å². The molecule has 2 atom stereocenters. The van der Waals surface area contributed by atoms with Crippen LogP contribution in [0.25, 0.3) is 0 Å². The van der Waals surface area contributed by atoms with Crippen molar-refractivity contribution in [3.05, 3.63) is 28.2 Å². The van der Waals surface area contributed by atoms with Crippen LogP contribution in [0.2, 0.25) is 0 Å². The van der Waals surface area contributed by atoms with Gasteiger partial charge < -0.3 is 15.2 Å². The Bertz CT molecular complexity index is 517. The monoisotopic (exact) mass is 327 g/mol. The molecule has 2 unspecified atom stereocenters. The number of benzene rings is 1. The predicted octanol–water partition coefficient (Wildman–Crippen LogP) is 1.90. The van der Waals surface area contributed by atoms with Crippen LogP contribution in [0.1, 0.15) is 24.8 Å². The number of halogens is 1. The van der Waals surface area contributed by atoms with Crippen molar-refractivity contribution in [2.45, 2.75) is 25.3 Å². The van der Waals surface area contributed by atoms with Crippen molar-refractivity contribution in [1.82, 2.24) is 5.32 Å². The van der Waals surface area contributed by atoms with Crippen LogP contribution in [0, 0.1) is 0 Å². The van der Waals surface area contributed by atoms with Crippen LogP contribution in [0.15, 0.2) is 22.7 Å². The first kappa shape index (κ1) is 13.9. The molecule has 1 amide bonds. The van der Waals surface area contributed by atoms with E-state index in [0.717, 1.165) is 10.0 Å². The van der Waals surface area contributed by atoms with Gasteiger partial charge in [0.2, 0.25) is 5.91 Å². The molecule has 0 bridgehead atoms. The lowest BCUT2D eigenvalue weighted by Gasteiger charge is -2.15. The molecule has 1 aromatic rings. The summed E-state index contributed by atoms with van der Waals surface area (Å²) in [5.41, 5.74) is 0.828. The highest BCUT2D eigenvalue weighted by Crippen LogP contribution is 2.35. The maximum absolute atomic E-state index is 12.1. The summed E-state index contributed by atoms with van der Waals surface area (Å²) < 4.78 is 6.33. The van der Waals surface area contributed by atoms with E-state index in [1.165, 1.54) is 0 Å². The zero-order valence-electron chi connectivity index (χ0n) is 10.4. The molecule has 2 N–H and O–H groups in total. The number of hydrogen-bond acceptors (Lipinski definition) is 3. The summed E-state index contributed by atoms with van der Waals surface area (Å²) in [6.45, 7) is 1.96. The Kier molecular flexibility index (Phi) is 4.09. The fraction of sp³-hybridized carbons (Fsp3) is 0.385. The van der Waals surface area contributed by atoms with Gasteiger partial charge in [0.1, 0.15) is 18.3 Å². The summed E-state index contributed by atoms with van der Waals surface area (Å²) >= 11 is 3.36. The summed E-state index contributed by atoms with van der Waals surface area (Å²) in [6, 6.07) is 5.12. The Hall–Kier alpha value is -1.56. The summed E-state index contributed by atoms with van der Waals surface area (Å²) in [5.74, 6) is -0.817. The first-order chi connectivity index (χ1) is 8.97. The number of nitrogens with one attached hydrogen (secondary N) is 1. The third-order valence-corrected chi connectivity index (χ3v) is 3.43. The van der Waals surface area contributed by atoms with Gasteiger partial charge >= 0.3 is 5.97 Å². The van der Waals surface area contributed by atoms with Gasteiger partial charge in [-0.25, -0.2) is 0 Å². The Labute approximate surface area is 119 Å². The maximum atomic E-state index is 12.1. The summed E-state index contributed by atoms with van der Waals surface area (Å²) in [4.78, 5) is 22.7. The van der Waals surface area contributed by atoms with Crippen LogP contribution in [-0.4, -0.2) is 29.6 Å². The number of carbonyl (C=O) groups excluding carboxylic acids is 1. The lowest BCUT2D eigenvalue weighted by atomic mass is 10.00. The molecule has 1 aliphatic heterocycles. The third kappa shape index (κ3) is 3.26. The highest BCUT2D eigenvalue weighted by atomic mass is 79.9. The fourth-order valence-electron chi connectivity index (χ4n) is 2.06. The van der Waals surface area contributed by atoms with Gasteiger partial charge in [-0.3, -0.25) is 9.59 Å². The van der Waals surface area contributed by atoms with Crippen LogP contribution in [0.3, 0.4) is 0 Å². The molecule has 19 heavy (non-hydrogen) atoms. The highest BCUT2D eigenvalue weighted by molar-refractivity contribution is 9.10. The number of amides is 1. The van der Waals surface area contributed by atoms with Crippen molar-refractivity contribution in [3.63, 3.8) is 0 Å². The highest BCUT2D eigenvalue weighted by Gasteiger charge is 2.31. The van der Waals surface area contributed by atoms with E-state index in [1.54, 1.807) is 6.92 Å². The molecule has 0 fully saturated rings. The quantitative estimate of drug-likeness (QED) is 0.885. The Morgan fingerprint density at radius 1 is 1.58 bits per heavy atom. The van der Waals surface area contributed by atoms with Gasteiger partial charge in [0.15, 0.2) is 0 Å². The van der Waals surface area contributed by atoms with Crippen LogP contribution < -0.4 is 10.1 Å². The van der Waals surface area contributed by atoms with Crippen molar-refractivity contribution in [2.75, 3.05) is 6.61 Å². The van der Waals surface area contributed by atoms with E-state index in [2.05, 4.69) is 21.2 Å². The molecule has 1 aliphatic rings. The molecule has 5 nitrogen and oxygen atoms in total. The average molecular weight is 328 g/mol. The molecule has 0 saturated carbocycles. The van der Waals surface area contributed by atoms with Crippen molar-refractivity contribution < 1.29 is 19.4 Å². The van der Waals surface area contributed by atoms with Crippen LogP contribution >= 0.6 is 15.9 Å². The summed E-state index contributed by atoms with van der Waals surface area (Å²) in [7, 11) is 0. The van der Waals surface area contributed by atoms with Crippen LogP contribution in [-0.2, 0) is 9.59 Å². The second-order valence-corrected chi connectivity index (χ2v) is 5.47. The van der Waals surface area contributed by atoms with Crippen molar-refractivity contribution in [3.8, 4) is 5.75 Å². The average Bonchev–Trinajstić information content (AvgIpc) is 2.70. The van der Waals surface area contributed by atoms with Crippen molar-refractivity contribution in [1.29, 1.82) is 0 Å². The molecule has 0 spiro atoms. The fourth-order valence-corrected chi connectivity index (χ4v) is 2.44. The van der Waals surface area contributed by atoms with E-state index in [-0.39, 0.29) is 24.9 Å². The molecule has 102 valence electrons. The lowest BCUT2D eigenvalue weighted by molar-refractivity contribution is -0.137. The smallest absolute Gasteiger partial charge is 0.305 e. The first-order valence-electron chi connectivity index (χ1n) is 5.92. The molecule has 0 aromatic heterocycles. The Morgan fingerprint density at radius 2 is 2.32 bits per heavy atom. The molecule has 0 saturated heterocycles. The largest absolute Gasteiger partial charge is 0.492 e. The second-order valence-electron chi connectivity index (χ2n) is 4.55. The van der Waals surface area contributed by atoms with Crippen LogP contribution in [0.5, 0.6) is 5.75 Å². The Balaban J connectivity index is 2.06. The van der Waals surface area contributed by atoms with E-state index in [4.69, 9.17) is 9.84 Å². The van der Waals surface area contributed by atoms with Crippen LogP contribution in [0.4, 0.5) is 0 Å². The molecular formula is C13H14BrNO4. The number of rotatable bonds is 4. The lowest BCUT2D eigenvalue weighted by Crippen LogP contribution is -2.38. The summed E-state index contributed by atoms with van der Waals surface area (Å²) in [5, 5.41) is 11.4. The molecule has 0 aliphatic carbocycles. The number of ether oxygens (including phenoxy) is 1.